The van der Waals surface area contributed by atoms with E-state index in [2.05, 4.69) is 0 Å². The van der Waals surface area contributed by atoms with Crippen molar-refractivity contribution in [1.82, 2.24) is 0 Å². The molecule has 1 nitrogen and oxygen atoms in total. The van der Waals surface area contributed by atoms with Gasteiger partial charge < -0.3 is 4.74 Å². The average Bonchev–Trinajstić information content (AvgIpc) is 2.30. The van der Waals surface area contributed by atoms with Gasteiger partial charge in [0, 0.05) is 11.1 Å². The van der Waals surface area contributed by atoms with E-state index in [9.17, 15) is 17.6 Å². The normalized spacial score (nSPS) is 13.8. The minimum absolute atomic E-state index is 0.0485. The largest absolute Gasteiger partial charge is 0.495 e. The van der Waals surface area contributed by atoms with E-state index in [1.54, 1.807) is 0 Å². The highest BCUT2D eigenvalue weighted by Crippen LogP contribution is 2.45. The number of benzene rings is 1. The Hall–Kier alpha value is -0.390. The van der Waals surface area contributed by atoms with Crippen LogP contribution in [0.25, 0.3) is 0 Å². The van der Waals surface area contributed by atoms with Crippen molar-refractivity contribution in [2.45, 2.75) is 17.7 Å². The fraction of sp³-hybridized carbons (Fsp3) is 0.400. The molecule has 0 fully saturated rings. The third-order valence-electron chi connectivity index (χ3n) is 2.17. The van der Waals surface area contributed by atoms with Gasteiger partial charge in [-0.1, -0.05) is 23.2 Å². The number of hydrogen-bond donors (Lipinski definition) is 0. The Morgan fingerprint density at radius 3 is 2.17 bits per heavy atom. The first-order chi connectivity index (χ1) is 8.21. The van der Waals surface area contributed by atoms with Crippen LogP contribution in [0.2, 0.25) is 10.0 Å². The summed E-state index contributed by atoms with van der Waals surface area (Å²) in [5.74, 6) is -4.28. The topological polar surface area (TPSA) is 9.23 Å². The standard InChI is InChI=1S/C10H7Cl3F4O/c1-18-7-3-5(11)4(2-6(7)12)8(13)10(16,17)9(14)15/h2-3,8-9H,1H3. The molecule has 18 heavy (non-hydrogen) atoms. The van der Waals surface area contributed by atoms with Crippen LogP contribution in [-0.2, 0) is 0 Å². The van der Waals surface area contributed by atoms with E-state index < -0.39 is 17.7 Å². The van der Waals surface area contributed by atoms with Crippen LogP contribution in [0.5, 0.6) is 5.75 Å². The Bertz CT molecular complexity index is 439. The molecule has 0 aliphatic heterocycles. The molecule has 1 aromatic rings. The SMILES string of the molecule is COc1cc(Cl)c(C(Cl)C(F)(F)C(F)F)cc1Cl. The summed E-state index contributed by atoms with van der Waals surface area (Å²) >= 11 is 16.7. The molecule has 0 saturated heterocycles. The smallest absolute Gasteiger partial charge is 0.327 e. The van der Waals surface area contributed by atoms with Gasteiger partial charge in [0.05, 0.1) is 12.1 Å². The van der Waals surface area contributed by atoms with Gasteiger partial charge in [-0.25, -0.2) is 8.78 Å². The number of rotatable bonds is 4. The summed E-state index contributed by atoms with van der Waals surface area (Å²) in [6.45, 7) is 0. The zero-order chi connectivity index (χ0) is 14.1. The molecule has 1 atom stereocenters. The van der Waals surface area contributed by atoms with Crippen molar-refractivity contribution in [1.29, 1.82) is 0 Å². The van der Waals surface area contributed by atoms with Crippen molar-refractivity contribution in [3.8, 4) is 5.75 Å². The molecular weight excluding hydrogens is 318 g/mol. The number of methoxy groups -OCH3 is 1. The molecule has 0 N–H and O–H groups in total. The lowest BCUT2D eigenvalue weighted by Crippen LogP contribution is -2.31. The van der Waals surface area contributed by atoms with Crippen LogP contribution in [0, 0.1) is 0 Å². The van der Waals surface area contributed by atoms with Crippen molar-refractivity contribution in [2.24, 2.45) is 0 Å². The van der Waals surface area contributed by atoms with E-state index in [4.69, 9.17) is 39.5 Å². The zero-order valence-electron chi connectivity index (χ0n) is 8.86. The van der Waals surface area contributed by atoms with Crippen LogP contribution >= 0.6 is 34.8 Å². The van der Waals surface area contributed by atoms with Crippen molar-refractivity contribution < 1.29 is 22.3 Å². The van der Waals surface area contributed by atoms with E-state index in [-0.39, 0.29) is 21.4 Å². The van der Waals surface area contributed by atoms with Gasteiger partial charge in [0.15, 0.2) is 0 Å². The first kappa shape index (κ1) is 15.7. The summed E-state index contributed by atoms with van der Waals surface area (Å²) in [6, 6.07) is 2.12. The Labute approximate surface area is 116 Å². The first-order valence-corrected chi connectivity index (χ1v) is 5.74. The Balaban J connectivity index is 3.22. The minimum Gasteiger partial charge on any atom is -0.495 e. The molecule has 0 aromatic heterocycles. The summed E-state index contributed by atoms with van der Waals surface area (Å²) < 4.78 is 55.4. The Morgan fingerprint density at radius 2 is 1.72 bits per heavy atom. The van der Waals surface area contributed by atoms with Crippen molar-refractivity contribution >= 4 is 34.8 Å². The summed E-state index contributed by atoms with van der Waals surface area (Å²) in [5, 5.41) is -2.56. The molecule has 0 spiro atoms. The highest BCUT2D eigenvalue weighted by molar-refractivity contribution is 6.35. The van der Waals surface area contributed by atoms with Gasteiger partial charge in [0.25, 0.3) is 0 Å². The molecule has 0 amide bonds. The van der Waals surface area contributed by atoms with Crippen molar-refractivity contribution in [3.05, 3.63) is 27.7 Å². The van der Waals surface area contributed by atoms with Gasteiger partial charge in [-0.05, 0) is 11.6 Å². The van der Waals surface area contributed by atoms with Crippen molar-refractivity contribution in [3.63, 3.8) is 0 Å². The third-order valence-corrected chi connectivity index (χ3v) is 3.32. The van der Waals surface area contributed by atoms with E-state index >= 15 is 0 Å². The maximum Gasteiger partial charge on any atom is 0.327 e. The number of ether oxygens (including phenoxy) is 1. The summed E-state index contributed by atoms with van der Waals surface area (Å²) in [6.07, 6.45) is -3.91. The highest BCUT2D eigenvalue weighted by atomic mass is 35.5. The van der Waals surface area contributed by atoms with Crippen LogP contribution < -0.4 is 4.74 Å². The van der Waals surface area contributed by atoms with Crippen LogP contribution in [0.4, 0.5) is 17.6 Å². The second-order valence-electron chi connectivity index (χ2n) is 3.35. The molecule has 1 unspecified atom stereocenters. The lowest BCUT2D eigenvalue weighted by Gasteiger charge is -2.22. The van der Waals surface area contributed by atoms with Crippen molar-refractivity contribution in [2.75, 3.05) is 7.11 Å². The molecular formula is C10H7Cl3F4O. The molecule has 0 heterocycles. The molecule has 0 radical (unpaired) electrons. The number of hydrogen-bond acceptors (Lipinski definition) is 1. The van der Waals surface area contributed by atoms with Crippen LogP contribution in [0.3, 0.4) is 0 Å². The third kappa shape index (κ3) is 2.95. The van der Waals surface area contributed by atoms with Crippen LogP contribution in [-0.4, -0.2) is 19.5 Å². The molecule has 0 bridgehead atoms. The van der Waals surface area contributed by atoms with Gasteiger partial charge in [0.1, 0.15) is 11.1 Å². The predicted molar refractivity (Wildman–Crippen MR) is 62.6 cm³/mol. The minimum atomic E-state index is -4.41. The van der Waals surface area contributed by atoms with Crippen LogP contribution in [0.15, 0.2) is 12.1 Å². The molecule has 0 aliphatic carbocycles. The number of alkyl halides is 5. The average molecular weight is 326 g/mol. The fourth-order valence-electron chi connectivity index (χ4n) is 1.21. The summed E-state index contributed by atoms with van der Waals surface area (Å²) in [7, 11) is 1.29. The molecule has 102 valence electrons. The lowest BCUT2D eigenvalue weighted by atomic mass is 10.1. The summed E-state index contributed by atoms with van der Waals surface area (Å²) in [5.41, 5.74) is -0.380. The number of halogens is 7. The van der Waals surface area contributed by atoms with E-state index in [0.717, 1.165) is 12.1 Å². The second kappa shape index (κ2) is 5.72. The maximum absolute atomic E-state index is 13.1. The van der Waals surface area contributed by atoms with Gasteiger partial charge >= 0.3 is 12.3 Å². The van der Waals surface area contributed by atoms with E-state index in [1.165, 1.54) is 7.11 Å². The lowest BCUT2D eigenvalue weighted by molar-refractivity contribution is -0.130. The maximum atomic E-state index is 13.1. The van der Waals surface area contributed by atoms with Gasteiger partial charge in [-0.3, -0.25) is 0 Å². The van der Waals surface area contributed by atoms with E-state index in [0.29, 0.717) is 0 Å². The van der Waals surface area contributed by atoms with Gasteiger partial charge in [-0.2, -0.15) is 8.78 Å². The van der Waals surface area contributed by atoms with Gasteiger partial charge in [-0.15, -0.1) is 11.6 Å². The quantitative estimate of drug-likeness (QED) is 0.547. The zero-order valence-corrected chi connectivity index (χ0v) is 11.1. The Morgan fingerprint density at radius 1 is 1.17 bits per heavy atom. The summed E-state index contributed by atoms with van der Waals surface area (Å²) in [4.78, 5) is 0. The monoisotopic (exact) mass is 324 g/mol. The second-order valence-corrected chi connectivity index (χ2v) is 4.60. The molecule has 8 heteroatoms. The predicted octanol–water partition coefficient (Wildman–Crippen LogP) is 5.18. The highest BCUT2D eigenvalue weighted by Gasteiger charge is 2.49. The van der Waals surface area contributed by atoms with Gasteiger partial charge in [0.2, 0.25) is 0 Å². The fourth-order valence-corrected chi connectivity index (χ4v) is 2.06. The first-order valence-electron chi connectivity index (χ1n) is 4.54. The van der Waals surface area contributed by atoms with E-state index in [1.807, 2.05) is 0 Å². The molecule has 0 saturated carbocycles. The molecule has 0 aliphatic rings. The van der Waals surface area contributed by atoms with Crippen LogP contribution in [0.1, 0.15) is 10.9 Å². The molecule has 1 aromatic carbocycles. The molecule has 1 rings (SSSR count). The Kier molecular flexibility index (Phi) is 4.98.